The standard InChI is InChI=1S/C17H21ClF2N2O7S/c1-28-15(24)14(7-23)21-16(25)17(6-10(8-29-17)22-30(2,26)27)5-9-3-11(18)13(20)4-12(9)19/h3-4,10,14,22-23H,5-8H2,1-2H3,(H,21,25). The van der Waals surface area contributed by atoms with Crippen molar-refractivity contribution in [2.75, 3.05) is 26.6 Å². The van der Waals surface area contributed by atoms with Gasteiger partial charge in [0.05, 0.1) is 31.6 Å². The summed E-state index contributed by atoms with van der Waals surface area (Å²) in [7, 11) is -2.59. The molecule has 2 rings (SSSR count). The highest BCUT2D eigenvalue weighted by molar-refractivity contribution is 7.88. The second-order valence-corrected chi connectivity index (χ2v) is 9.05. The van der Waals surface area contributed by atoms with Gasteiger partial charge in [0.1, 0.15) is 11.6 Å². The van der Waals surface area contributed by atoms with E-state index in [2.05, 4.69) is 14.8 Å². The van der Waals surface area contributed by atoms with E-state index in [0.29, 0.717) is 6.07 Å². The quantitative estimate of drug-likeness (QED) is 0.357. The Hall–Kier alpha value is -1.86. The van der Waals surface area contributed by atoms with Crippen LogP contribution in [0.1, 0.15) is 12.0 Å². The summed E-state index contributed by atoms with van der Waals surface area (Å²) in [6.45, 7) is -1.00. The number of amides is 1. The molecule has 168 valence electrons. The summed E-state index contributed by atoms with van der Waals surface area (Å²) >= 11 is 5.71. The van der Waals surface area contributed by atoms with Gasteiger partial charge in [-0.1, -0.05) is 11.6 Å². The van der Waals surface area contributed by atoms with Gasteiger partial charge in [-0.15, -0.1) is 0 Å². The predicted molar refractivity (Wildman–Crippen MR) is 101 cm³/mol. The van der Waals surface area contributed by atoms with Gasteiger partial charge in [-0.25, -0.2) is 26.7 Å². The fourth-order valence-corrected chi connectivity index (χ4v) is 4.08. The molecule has 0 saturated carbocycles. The van der Waals surface area contributed by atoms with Crippen LogP contribution in [0.2, 0.25) is 5.02 Å². The maximum atomic E-state index is 14.3. The first-order chi connectivity index (χ1) is 13.9. The van der Waals surface area contributed by atoms with Crippen molar-refractivity contribution < 1.29 is 41.4 Å². The van der Waals surface area contributed by atoms with Crippen molar-refractivity contribution in [1.82, 2.24) is 10.0 Å². The van der Waals surface area contributed by atoms with E-state index in [-0.39, 0.29) is 23.6 Å². The summed E-state index contributed by atoms with van der Waals surface area (Å²) < 4.78 is 63.2. The molecule has 0 aliphatic carbocycles. The molecule has 0 spiro atoms. The van der Waals surface area contributed by atoms with Crippen molar-refractivity contribution in [3.05, 3.63) is 34.4 Å². The van der Waals surface area contributed by atoms with Crippen molar-refractivity contribution in [3.63, 3.8) is 0 Å². The van der Waals surface area contributed by atoms with E-state index in [9.17, 15) is 31.9 Å². The van der Waals surface area contributed by atoms with E-state index >= 15 is 0 Å². The third-order valence-electron chi connectivity index (χ3n) is 4.47. The highest BCUT2D eigenvalue weighted by atomic mass is 35.5. The zero-order chi connectivity index (χ0) is 22.7. The Morgan fingerprint density at radius 2 is 2.07 bits per heavy atom. The van der Waals surface area contributed by atoms with Crippen molar-refractivity contribution in [1.29, 1.82) is 0 Å². The van der Waals surface area contributed by atoms with Crippen LogP contribution in [-0.2, 0) is 35.5 Å². The SMILES string of the molecule is COC(=O)C(CO)NC(=O)C1(Cc2cc(Cl)c(F)cc2F)CC(NS(C)(=O)=O)CO1. The van der Waals surface area contributed by atoms with E-state index in [0.717, 1.165) is 19.4 Å². The number of nitrogens with one attached hydrogen (secondary N) is 2. The van der Waals surface area contributed by atoms with Gasteiger partial charge >= 0.3 is 5.97 Å². The van der Waals surface area contributed by atoms with Gasteiger partial charge in [0.25, 0.3) is 5.91 Å². The third-order valence-corrected chi connectivity index (χ3v) is 5.52. The first-order valence-corrected chi connectivity index (χ1v) is 10.9. The highest BCUT2D eigenvalue weighted by Gasteiger charge is 2.49. The maximum Gasteiger partial charge on any atom is 0.330 e. The van der Waals surface area contributed by atoms with E-state index in [1.165, 1.54) is 0 Å². The molecule has 1 aromatic carbocycles. The topological polar surface area (TPSA) is 131 Å². The van der Waals surface area contributed by atoms with Crippen molar-refractivity contribution in [3.8, 4) is 0 Å². The zero-order valence-corrected chi connectivity index (χ0v) is 17.6. The number of methoxy groups -OCH3 is 1. The number of carbonyl (C=O) groups excluding carboxylic acids is 2. The lowest BCUT2D eigenvalue weighted by molar-refractivity contribution is -0.151. The molecule has 3 atom stereocenters. The smallest absolute Gasteiger partial charge is 0.330 e. The Morgan fingerprint density at radius 1 is 1.40 bits per heavy atom. The molecular formula is C17H21ClF2N2O7S. The molecule has 30 heavy (non-hydrogen) atoms. The van der Waals surface area contributed by atoms with E-state index < -0.39 is 64.2 Å². The number of carbonyl (C=O) groups is 2. The van der Waals surface area contributed by atoms with Crippen LogP contribution in [0.25, 0.3) is 0 Å². The van der Waals surface area contributed by atoms with Gasteiger partial charge in [-0.05, 0) is 11.6 Å². The summed E-state index contributed by atoms with van der Waals surface area (Å²) in [6.07, 6.45) is 0.261. The number of benzene rings is 1. The fraction of sp³-hybridized carbons (Fsp3) is 0.529. The van der Waals surface area contributed by atoms with Crippen molar-refractivity contribution >= 4 is 33.5 Å². The van der Waals surface area contributed by atoms with Crippen LogP contribution < -0.4 is 10.0 Å². The Kier molecular flexibility index (Phi) is 7.74. The predicted octanol–water partition coefficient (Wildman–Crippen LogP) is -0.112. The van der Waals surface area contributed by atoms with Gasteiger partial charge in [-0.2, -0.15) is 0 Å². The summed E-state index contributed by atoms with van der Waals surface area (Å²) in [5.74, 6) is -3.82. The average Bonchev–Trinajstić information content (AvgIpc) is 3.05. The summed E-state index contributed by atoms with van der Waals surface area (Å²) in [5.41, 5.74) is -1.98. The number of esters is 1. The average molecular weight is 471 g/mol. The van der Waals surface area contributed by atoms with Gasteiger partial charge < -0.3 is 19.9 Å². The molecule has 9 nitrogen and oxygen atoms in total. The Balaban J connectivity index is 2.37. The molecule has 1 aliphatic heterocycles. The number of hydrogen-bond acceptors (Lipinski definition) is 7. The second-order valence-electron chi connectivity index (χ2n) is 6.86. The van der Waals surface area contributed by atoms with Crippen LogP contribution in [0.3, 0.4) is 0 Å². The third kappa shape index (κ3) is 5.85. The van der Waals surface area contributed by atoms with Crippen LogP contribution in [0.15, 0.2) is 12.1 Å². The lowest BCUT2D eigenvalue weighted by Gasteiger charge is -2.29. The number of rotatable bonds is 8. The zero-order valence-electron chi connectivity index (χ0n) is 16.1. The minimum atomic E-state index is -3.64. The van der Waals surface area contributed by atoms with Crippen molar-refractivity contribution in [2.45, 2.75) is 30.5 Å². The highest BCUT2D eigenvalue weighted by Crippen LogP contribution is 2.33. The monoisotopic (exact) mass is 470 g/mol. The van der Waals surface area contributed by atoms with Crippen LogP contribution in [0.4, 0.5) is 8.78 Å². The molecule has 1 saturated heterocycles. The molecular weight excluding hydrogens is 450 g/mol. The minimum Gasteiger partial charge on any atom is -0.467 e. The van der Waals surface area contributed by atoms with Gasteiger partial charge in [-0.3, -0.25) is 4.79 Å². The number of ether oxygens (including phenoxy) is 2. The number of sulfonamides is 1. The molecule has 1 fully saturated rings. The summed E-state index contributed by atoms with van der Waals surface area (Å²) in [6, 6.07) is -0.705. The maximum absolute atomic E-state index is 14.3. The molecule has 0 aromatic heterocycles. The molecule has 1 amide bonds. The fourth-order valence-electron chi connectivity index (χ4n) is 3.13. The van der Waals surface area contributed by atoms with E-state index in [4.69, 9.17) is 16.3 Å². The molecule has 1 aliphatic rings. The molecule has 13 heteroatoms. The minimum absolute atomic E-state index is 0.157. The first-order valence-electron chi connectivity index (χ1n) is 8.65. The number of halogens is 3. The van der Waals surface area contributed by atoms with Crippen molar-refractivity contribution in [2.24, 2.45) is 0 Å². The Morgan fingerprint density at radius 3 is 2.63 bits per heavy atom. The number of aliphatic hydroxyl groups is 1. The largest absolute Gasteiger partial charge is 0.467 e. The van der Waals surface area contributed by atoms with Crippen LogP contribution in [0.5, 0.6) is 0 Å². The molecule has 1 heterocycles. The lowest BCUT2D eigenvalue weighted by Crippen LogP contribution is -2.55. The number of aliphatic hydroxyl groups excluding tert-OH is 1. The Labute approximate surface area is 176 Å². The van der Waals surface area contributed by atoms with E-state index in [1.807, 2.05) is 0 Å². The normalized spacial score (nSPS) is 22.5. The molecule has 3 unspecified atom stereocenters. The molecule has 1 aromatic rings. The lowest BCUT2D eigenvalue weighted by atomic mass is 9.89. The molecule has 0 bridgehead atoms. The van der Waals surface area contributed by atoms with Crippen LogP contribution in [-0.4, -0.2) is 69.7 Å². The van der Waals surface area contributed by atoms with Crippen LogP contribution in [0, 0.1) is 11.6 Å². The summed E-state index contributed by atoms with van der Waals surface area (Å²) in [4.78, 5) is 24.7. The summed E-state index contributed by atoms with van der Waals surface area (Å²) in [5, 5.41) is 11.2. The van der Waals surface area contributed by atoms with Gasteiger partial charge in [0.15, 0.2) is 11.6 Å². The second kappa shape index (κ2) is 9.52. The van der Waals surface area contributed by atoms with Gasteiger partial charge in [0.2, 0.25) is 10.0 Å². The number of hydrogen-bond donors (Lipinski definition) is 3. The van der Waals surface area contributed by atoms with Gasteiger partial charge in [0, 0.05) is 24.9 Å². The Bertz CT molecular complexity index is 931. The molecule has 0 radical (unpaired) electrons. The van der Waals surface area contributed by atoms with E-state index in [1.54, 1.807) is 0 Å². The van der Waals surface area contributed by atoms with Crippen LogP contribution >= 0.6 is 11.6 Å². The molecule has 3 N–H and O–H groups in total. The first kappa shape index (κ1) is 24.4.